The molecule has 0 radical (unpaired) electrons. The normalized spacial score (nSPS) is 12.3. The second kappa shape index (κ2) is 6.27. The van der Waals surface area contributed by atoms with Gasteiger partial charge in [-0.1, -0.05) is 13.8 Å². The van der Waals surface area contributed by atoms with Gasteiger partial charge in [0.2, 0.25) is 0 Å². The molecule has 0 aliphatic carbocycles. The zero-order chi connectivity index (χ0) is 12.0. The first-order chi connectivity index (χ1) is 6.88. The summed E-state index contributed by atoms with van der Waals surface area (Å²) in [6, 6.07) is -1.14. The molecule has 0 aromatic heterocycles. The molecule has 0 saturated heterocycles. The maximum atomic E-state index is 11.4. The molecule has 0 fully saturated rings. The topological polar surface area (TPSA) is 69.6 Å². The standard InChI is InChI=1S/C10H20N2O3/c1-5-12(4)10(15)11-8(9(13)14)6-7(2)3/h7-8H,5-6H2,1-4H3,(H,11,15)(H,13,14)/t8-/m1/s1. The van der Waals surface area contributed by atoms with Crippen molar-refractivity contribution in [3.63, 3.8) is 0 Å². The monoisotopic (exact) mass is 216 g/mol. The quantitative estimate of drug-likeness (QED) is 0.724. The van der Waals surface area contributed by atoms with E-state index in [-0.39, 0.29) is 11.9 Å². The van der Waals surface area contributed by atoms with Crippen LogP contribution in [0.25, 0.3) is 0 Å². The van der Waals surface area contributed by atoms with E-state index in [2.05, 4.69) is 5.32 Å². The number of rotatable bonds is 5. The number of hydrogen-bond acceptors (Lipinski definition) is 2. The molecule has 15 heavy (non-hydrogen) atoms. The summed E-state index contributed by atoms with van der Waals surface area (Å²) in [7, 11) is 1.63. The third-order valence-electron chi connectivity index (χ3n) is 2.12. The molecule has 2 amide bonds. The van der Waals surface area contributed by atoms with Crippen molar-refractivity contribution in [2.75, 3.05) is 13.6 Å². The van der Waals surface area contributed by atoms with Crippen molar-refractivity contribution in [3.05, 3.63) is 0 Å². The highest BCUT2D eigenvalue weighted by Gasteiger charge is 2.21. The molecule has 0 aromatic carbocycles. The first kappa shape index (κ1) is 13.7. The molecule has 0 heterocycles. The second-order valence-electron chi connectivity index (χ2n) is 3.98. The largest absolute Gasteiger partial charge is 0.480 e. The van der Waals surface area contributed by atoms with Crippen molar-refractivity contribution in [3.8, 4) is 0 Å². The minimum atomic E-state index is -0.985. The Morgan fingerprint density at radius 3 is 2.27 bits per heavy atom. The number of amides is 2. The van der Waals surface area contributed by atoms with E-state index in [1.807, 2.05) is 20.8 Å². The van der Waals surface area contributed by atoms with Crippen LogP contribution in [-0.4, -0.2) is 41.6 Å². The Morgan fingerprint density at radius 2 is 1.93 bits per heavy atom. The lowest BCUT2D eigenvalue weighted by molar-refractivity contribution is -0.139. The summed E-state index contributed by atoms with van der Waals surface area (Å²) < 4.78 is 0. The highest BCUT2D eigenvalue weighted by atomic mass is 16.4. The number of nitrogens with one attached hydrogen (secondary N) is 1. The number of hydrogen-bond donors (Lipinski definition) is 2. The van der Waals surface area contributed by atoms with Crippen LogP contribution in [0.5, 0.6) is 0 Å². The van der Waals surface area contributed by atoms with E-state index in [9.17, 15) is 9.59 Å². The van der Waals surface area contributed by atoms with E-state index in [1.165, 1.54) is 4.90 Å². The number of carbonyl (C=O) groups is 2. The molecule has 5 nitrogen and oxygen atoms in total. The molecule has 1 atom stereocenters. The predicted molar refractivity (Wildman–Crippen MR) is 57.7 cm³/mol. The lowest BCUT2D eigenvalue weighted by Gasteiger charge is -2.21. The zero-order valence-corrected chi connectivity index (χ0v) is 9.78. The predicted octanol–water partition coefficient (Wildman–Crippen LogP) is 1.15. The third kappa shape index (κ3) is 5.24. The molecule has 0 aromatic rings. The Morgan fingerprint density at radius 1 is 1.40 bits per heavy atom. The lowest BCUT2D eigenvalue weighted by atomic mass is 10.0. The highest BCUT2D eigenvalue weighted by Crippen LogP contribution is 2.05. The average Bonchev–Trinajstić information content (AvgIpc) is 2.14. The van der Waals surface area contributed by atoms with E-state index >= 15 is 0 Å². The van der Waals surface area contributed by atoms with Crippen LogP contribution in [-0.2, 0) is 4.79 Å². The Balaban J connectivity index is 4.29. The average molecular weight is 216 g/mol. The van der Waals surface area contributed by atoms with Gasteiger partial charge in [0.25, 0.3) is 0 Å². The lowest BCUT2D eigenvalue weighted by Crippen LogP contribution is -2.47. The van der Waals surface area contributed by atoms with Gasteiger partial charge in [-0.25, -0.2) is 9.59 Å². The van der Waals surface area contributed by atoms with Crippen LogP contribution in [0.15, 0.2) is 0 Å². The van der Waals surface area contributed by atoms with Crippen LogP contribution in [0.1, 0.15) is 27.2 Å². The Labute approximate surface area is 90.5 Å². The minimum Gasteiger partial charge on any atom is -0.480 e. The zero-order valence-electron chi connectivity index (χ0n) is 9.78. The number of urea groups is 1. The van der Waals surface area contributed by atoms with E-state index in [4.69, 9.17) is 5.11 Å². The molecule has 0 aliphatic heterocycles. The van der Waals surface area contributed by atoms with Gasteiger partial charge in [0.1, 0.15) is 6.04 Å². The van der Waals surface area contributed by atoms with Gasteiger partial charge in [-0.05, 0) is 19.3 Å². The molecule has 0 saturated carbocycles. The van der Waals surface area contributed by atoms with E-state index < -0.39 is 12.0 Å². The fourth-order valence-corrected chi connectivity index (χ4v) is 1.10. The van der Waals surface area contributed by atoms with Crippen molar-refractivity contribution in [2.24, 2.45) is 5.92 Å². The molecule has 0 bridgehead atoms. The molecular formula is C10H20N2O3. The van der Waals surface area contributed by atoms with Crippen LogP contribution < -0.4 is 5.32 Å². The van der Waals surface area contributed by atoms with Crippen molar-refractivity contribution < 1.29 is 14.7 Å². The summed E-state index contributed by atoms with van der Waals surface area (Å²) in [6.45, 7) is 6.23. The molecule has 2 N–H and O–H groups in total. The van der Waals surface area contributed by atoms with Gasteiger partial charge in [0.15, 0.2) is 0 Å². The van der Waals surface area contributed by atoms with Gasteiger partial charge < -0.3 is 15.3 Å². The van der Waals surface area contributed by atoms with Gasteiger partial charge in [-0.2, -0.15) is 0 Å². The molecule has 0 aliphatic rings. The van der Waals surface area contributed by atoms with Crippen molar-refractivity contribution in [1.29, 1.82) is 0 Å². The third-order valence-corrected chi connectivity index (χ3v) is 2.12. The minimum absolute atomic E-state index is 0.235. The van der Waals surface area contributed by atoms with Gasteiger partial charge in [-0.15, -0.1) is 0 Å². The number of carboxylic acids is 1. The highest BCUT2D eigenvalue weighted by molar-refractivity contribution is 5.82. The smallest absolute Gasteiger partial charge is 0.326 e. The van der Waals surface area contributed by atoms with Crippen LogP contribution >= 0.6 is 0 Å². The van der Waals surface area contributed by atoms with Gasteiger partial charge in [0, 0.05) is 13.6 Å². The summed E-state index contributed by atoms with van der Waals surface area (Å²) >= 11 is 0. The molecule has 0 rings (SSSR count). The fourth-order valence-electron chi connectivity index (χ4n) is 1.10. The molecule has 88 valence electrons. The SMILES string of the molecule is CCN(C)C(=O)N[C@H](CC(C)C)C(=O)O. The first-order valence-corrected chi connectivity index (χ1v) is 5.12. The van der Waals surface area contributed by atoms with E-state index in [1.54, 1.807) is 7.05 Å². The van der Waals surface area contributed by atoms with Gasteiger partial charge >= 0.3 is 12.0 Å². The molecule has 0 spiro atoms. The second-order valence-corrected chi connectivity index (χ2v) is 3.98. The molecule has 0 unspecified atom stereocenters. The van der Waals surface area contributed by atoms with E-state index in [0.717, 1.165) is 0 Å². The van der Waals surface area contributed by atoms with Crippen LogP contribution in [0, 0.1) is 5.92 Å². The van der Waals surface area contributed by atoms with Gasteiger partial charge in [-0.3, -0.25) is 0 Å². The Bertz CT molecular complexity index is 229. The summed E-state index contributed by atoms with van der Waals surface area (Å²) in [6.07, 6.45) is 0.443. The number of carboxylic acid groups (broad SMARTS) is 1. The maximum absolute atomic E-state index is 11.4. The van der Waals surface area contributed by atoms with Crippen molar-refractivity contribution >= 4 is 12.0 Å². The van der Waals surface area contributed by atoms with E-state index in [0.29, 0.717) is 13.0 Å². The number of carbonyl (C=O) groups excluding carboxylic acids is 1. The Kier molecular flexibility index (Phi) is 5.74. The van der Waals surface area contributed by atoms with Crippen LogP contribution in [0.3, 0.4) is 0 Å². The molecular weight excluding hydrogens is 196 g/mol. The van der Waals surface area contributed by atoms with Crippen molar-refractivity contribution in [1.82, 2.24) is 10.2 Å². The summed E-state index contributed by atoms with van der Waals surface area (Å²) in [5, 5.41) is 11.4. The van der Waals surface area contributed by atoms with Crippen LogP contribution in [0.2, 0.25) is 0 Å². The van der Waals surface area contributed by atoms with Crippen LogP contribution in [0.4, 0.5) is 4.79 Å². The fraction of sp³-hybridized carbons (Fsp3) is 0.800. The summed E-state index contributed by atoms with van der Waals surface area (Å²) in [4.78, 5) is 23.7. The van der Waals surface area contributed by atoms with Gasteiger partial charge in [0.05, 0.1) is 0 Å². The summed E-state index contributed by atoms with van der Waals surface area (Å²) in [5.74, 6) is -0.750. The number of nitrogens with zero attached hydrogens (tertiary/aromatic N) is 1. The summed E-state index contributed by atoms with van der Waals surface area (Å²) in [5.41, 5.74) is 0. The molecule has 5 heteroatoms. The Hall–Kier alpha value is -1.26. The first-order valence-electron chi connectivity index (χ1n) is 5.12. The van der Waals surface area contributed by atoms with Crippen molar-refractivity contribution in [2.45, 2.75) is 33.2 Å². The number of aliphatic carboxylic acids is 1. The maximum Gasteiger partial charge on any atom is 0.326 e.